The molecule has 2 aromatic rings. The van der Waals surface area contributed by atoms with Crippen molar-refractivity contribution in [2.45, 2.75) is 39.4 Å². The van der Waals surface area contributed by atoms with Crippen molar-refractivity contribution in [1.82, 2.24) is 14.7 Å². The summed E-state index contributed by atoms with van der Waals surface area (Å²) >= 11 is 0. The van der Waals surface area contributed by atoms with Gasteiger partial charge in [0.2, 0.25) is 0 Å². The Labute approximate surface area is 154 Å². The van der Waals surface area contributed by atoms with Gasteiger partial charge in [0, 0.05) is 29.8 Å². The lowest BCUT2D eigenvalue weighted by molar-refractivity contribution is -0.384. The zero-order chi connectivity index (χ0) is 19.9. The Morgan fingerprint density at radius 2 is 1.96 bits per heavy atom. The number of amides is 2. The second kappa shape index (κ2) is 6.38. The van der Waals surface area contributed by atoms with Crippen LogP contribution in [0.3, 0.4) is 0 Å². The van der Waals surface area contributed by atoms with Gasteiger partial charge in [-0.3, -0.25) is 24.5 Å². The predicted molar refractivity (Wildman–Crippen MR) is 95.5 cm³/mol. The van der Waals surface area contributed by atoms with Crippen molar-refractivity contribution < 1.29 is 19.6 Å². The number of carbonyl (C=O) groups is 2. The molecule has 0 unspecified atom stereocenters. The highest BCUT2D eigenvalue weighted by molar-refractivity contribution is 6.04. The van der Waals surface area contributed by atoms with E-state index in [2.05, 4.69) is 10.4 Å². The van der Waals surface area contributed by atoms with Crippen molar-refractivity contribution in [2.24, 2.45) is 0 Å². The van der Waals surface area contributed by atoms with Gasteiger partial charge in [-0.1, -0.05) is 0 Å². The number of nitrogens with zero attached hydrogens (tertiary/aromatic N) is 4. The predicted octanol–water partition coefficient (Wildman–Crippen LogP) is 2.79. The number of hydrogen-bond acceptors (Lipinski definition) is 5. The standard InChI is InChI=1S/C17H19N5O5/c1-4-21-13-12(9-20(16(24)25)17(13,2)3)14(19-21)18-15(23)10-5-7-11(8-6-10)22(26)27/h5-8H,4,9H2,1-3H3,(H,24,25)(H,18,19,23). The van der Waals surface area contributed by atoms with Crippen LogP contribution in [0.5, 0.6) is 0 Å². The number of nitro benzene ring substituents is 1. The molecule has 0 aliphatic carbocycles. The van der Waals surface area contributed by atoms with Crippen LogP contribution in [0, 0.1) is 10.1 Å². The molecular formula is C17H19N5O5. The summed E-state index contributed by atoms with van der Waals surface area (Å²) in [7, 11) is 0. The summed E-state index contributed by atoms with van der Waals surface area (Å²) in [6.45, 7) is 6.11. The summed E-state index contributed by atoms with van der Waals surface area (Å²) in [6.07, 6.45) is -1.05. The van der Waals surface area contributed by atoms with Crippen molar-refractivity contribution in [3.8, 4) is 0 Å². The van der Waals surface area contributed by atoms with E-state index < -0.39 is 22.5 Å². The van der Waals surface area contributed by atoms with Gasteiger partial charge in [0.05, 0.1) is 22.7 Å². The average molecular weight is 373 g/mol. The monoisotopic (exact) mass is 373 g/mol. The molecule has 1 aromatic heterocycles. The number of non-ortho nitro benzene ring substituents is 1. The Morgan fingerprint density at radius 1 is 1.33 bits per heavy atom. The molecule has 3 rings (SSSR count). The van der Waals surface area contributed by atoms with Gasteiger partial charge in [-0.05, 0) is 32.9 Å². The molecule has 10 nitrogen and oxygen atoms in total. The zero-order valence-electron chi connectivity index (χ0n) is 15.1. The summed E-state index contributed by atoms with van der Waals surface area (Å²) in [4.78, 5) is 35.6. The minimum absolute atomic E-state index is 0.110. The minimum Gasteiger partial charge on any atom is -0.465 e. The average Bonchev–Trinajstić information content (AvgIpc) is 3.10. The fraction of sp³-hybridized carbons (Fsp3) is 0.353. The van der Waals surface area contributed by atoms with E-state index in [4.69, 9.17) is 0 Å². The van der Waals surface area contributed by atoms with Gasteiger partial charge in [0.15, 0.2) is 5.82 Å². The first-order valence-corrected chi connectivity index (χ1v) is 8.33. The molecule has 1 aliphatic heterocycles. The molecule has 0 saturated heterocycles. The van der Waals surface area contributed by atoms with E-state index in [-0.39, 0.29) is 17.8 Å². The molecule has 0 saturated carbocycles. The first-order chi connectivity index (χ1) is 12.7. The number of hydrogen-bond donors (Lipinski definition) is 2. The summed E-state index contributed by atoms with van der Waals surface area (Å²) in [6, 6.07) is 5.22. The van der Waals surface area contributed by atoms with Crippen LogP contribution in [0.4, 0.5) is 16.3 Å². The van der Waals surface area contributed by atoms with Gasteiger partial charge in [0.25, 0.3) is 11.6 Å². The third kappa shape index (κ3) is 2.98. The lowest BCUT2D eigenvalue weighted by Gasteiger charge is -2.30. The Hall–Kier alpha value is -3.43. The maximum Gasteiger partial charge on any atom is 0.408 e. The highest BCUT2D eigenvalue weighted by Gasteiger charge is 2.45. The van der Waals surface area contributed by atoms with Crippen molar-refractivity contribution in [3.63, 3.8) is 0 Å². The minimum atomic E-state index is -1.05. The summed E-state index contributed by atoms with van der Waals surface area (Å²) in [5.41, 5.74) is 0.751. The molecule has 10 heteroatoms. The van der Waals surface area contributed by atoms with E-state index in [9.17, 15) is 24.8 Å². The van der Waals surface area contributed by atoms with Gasteiger partial charge < -0.3 is 10.4 Å². The normalized spacial score (nSPS) is 14.7. The zero-order valence-corrected chi connectivity index (χ0v) is 15.1. The fourth-order valence-electron chi connectivity index (χ4n) is 3.37. The number of fused-ring (bicyclic) bond motifs is 1. The van der Waals surface area contributed by atoms with Crippen molar-refractivity contribution in [1.29, 1.82) is 0 Å². The number of anilines is 1. The van der Waals surface area contributed by atoms with Crippen LogP contribution in [0.25, 0.3) is 0 Å². The molecular weight excluding hydrogens is 354 g/mol. The molecule has 0 atom stereocenters. The SMILES string of the molecule is CCn1nc(NC(=O)c2ccc([N+](=O)[O-])cc2)c2c1C(C)(C)N(C(=O)O)C2. The van der Waals surface area contributed by atoms with Crippen LogP contribution in [0.15, 0.2) is 24.3 Å². The number of aryl methyl sites for hydroxylation is 1. The summed E-state index contributed by atoms with van der Waals surface area (Å²) < 4.78 is 1.68. The molecule has 2 amide bonds. The third-order valence-electron chi connectivity index (χ3n) is 4.72. The van der Waals surface area contributed by atoms with E-state index in [1.807, 2.05) is 6.92 Å². The first kappa shape index (κ1) is 18.4. The van der Waals surface area contributed by atoms with Gasteiger partial charge in [0.1, 0.15) is 0 Å². The van der Waals surface area contributed by atoms with Crippen LogP contribution in [-0.4, -0.2) is 36.7 Å². The maximum absolute atomic E-state index is 12.5. The number of carbonyl (C=O) groups excluding carboxylic acids is 1. The van der Waals surface area contributed by atoms with Gasteiger partial charge >= 0.3 is 6.09 Å². The second-order valence-electron chi connectivity index (χ2n) is 6.68. The van der Waals surface area contributed by atoms with Gasteiger partial charge in [-0.2, -0.15) is 5.10 Å². The molecule has 0 fully saturated rings. The smallest absolute Gasteiger partial charge is 0.408 e. The first-order valence-electron chi connectivity index (χ1n) is 8.33. The summed E-state index contributed by atoms with van der Waals surface area (Å²) in [5.74, 6) is -0.174. The van der Waals surface area contributed by atoms with E-state index >= 15 is 0 Å². The van der Waals surface area contributed by atoms with E-state index in [1.165, 1.54) is 29.2 Å². The highest BCUT2D eigenvalue weighted by Crippen LogP contribution is 2.42. The lowest BCUT2D eigenvalue weighted by Crippen LogP contribution is -2.40. The van der Waals surface area contributed by atoms with Crippen molar-refractivity contribution in [2.75, 3.05) is 5.32 Å². The third-order valence-corrected chi connectivity index (χ3v) is 4.72. The number of rotatable bonds is 4. The maximum atomic E-state index is 12.5. The van der Waals surface area contributed by atoms with Crippen LogP contribution < -0.4 is 5.32 Å². The second-order valence-corrected chi connectivity index (χ2v) is 6.68. The van der Waals surface area contributed by atoms with E-state index in [0.717, 1.165) is 5.69 Å². The Kier molecular flexibility index (Phi) is 4.34. The van der Waals surface area contributed by atoms with Crippen molar-refractivity contribution >= 4 is 23.5 Å². The van der Waals surface area contributed by atoms with E-state index in [0.29, 0.717) is 17.9 Å². The van der Waals surface area contributed by atoms with Crippen LogP contribution in [0.2, 0.25) is 0 Å². The van der Waals surface area contributed by atoms with Crippen molar-refractivity contribution in [3.05, 3.63) is 51.2 Å². The molecule has 1 aliphatic rings. The Morgan fingerprint density at radius 3 is 2.48 bits per heavy atom. The molecule has 2 N–H and O–H groups in total. The van der Waals surface area contributed by atoms with Gasteiger partial charge in [-0.25, -0.2) is 4.79 Å². The molecule has 0 bridgehead atoms. The number of benzene rings is 1. The molecule has 0 radical (unpaired) electrons. The highest BCUT2D eigenvalue weighted by atomic mass is 16.6. The van der Waals surface area contributed by atoms with Crippen LogP contribution >= 0.6 is 0 Å². The largest absolute Gasteiger partial charge is 0.465 e. The Bertz CT molecular complexity index is 932. The number of aromatic nitrogens is 2. The number of nitrogens with one attached hydrogen (secondary N) is 1. The molecule has 2 heterocycles. The van der Waals surface area contributed by atoms with Crippen LogP contribution in [-0.2, 0) is 18.6 Å². The Balaban J connectivity index is 1.92. The van der Waals surface area contributed by atoms with Crippen LogP contribution in [0.1, 0.15) is 42.4 Å². The number of carboxylic acid groups (broad SMARTS) is 1. The van der Waals surface area contributed by atoms with E-state index in [1.54, 1.807) is 18.5 Å². The number of nitro groups is 1. The molecule has 27 heavy (non-hydrogen) atoms. The van der Waals surface area contributed by atoms with Gasteiger partial charge in [-0.15, -0.1) is 0 Å². The quantitative estimate of drug-likeness (QED) is 0.626. The molecule has 1 aromatic carbocycles. The fourth-order valence-corrected chi connectivity index (χ4v) is 3.37. The lowest BCUT2D eigenvalue weighted by atomic mass is 10.0. The molecule has 142 valence electrons. The summed E-state index contributed by atoms with van der Waals surface area (Å²) in [5, 5.41) is 27.3. The molecule has 0 spiro atoms. The topological polar surface area (TPSA) is 131 Å².